The first-order valence-electron chi connectivity index (χ1n) is 11.1. The van der Waals surface area contributed by atoms with Crippen LogP contribution in [0.1, 0.15) is 75.8 Å². The Morgan fingerprint density at radius 2 is 1.61 bits per heavy atom. The lowest BCUT2D eigenvalue weighted by atomic mass is 10.1. The van der Waals surface area contributed by atoms with Gasteiger partial charge in [-0.2, -0.15) is 0 Å². The largest absolute Gasteiger partial charge is 0.468 e. The zero-order valence-corrected chi connectivity index (χ0v) is 20.9. The molecular weight excluding hydrogens is 434 g/mol. The topological polar surface area (TPSA) is 63.7 Å². The predicted octanol–water partition coefficient (Wildman–Crippen LogP) is 6.25. The van der Waals surface area contributed by atoms with E-state index in [0.29, 0.717) is 22.7 Å². The first-order chi connectivity index (χ1) is 14.8. The summed E-state index contributed by atoms with van der Waals surface area (Å²) in [5.41, 5.74) is 2.14. The SMILES string of the molecule is CCCCCCCCCCC(=O)SCC(=O)N(CC(=O)OC)c1c(C)ccc(Cl)c1C. The van der Waals surface area contributed by atoms with E-state index in [0.717, 1.165) is 36.6 Å². The molecule has 0 bridgehead atoms. The van der Waals surface area contributed by atoms with Gasteiger partial charge in [-0.05, 0) is 37.5 Å². The van der Waals surface area contributed by atoms with E-state index < -0.39 is 5.97 Å². The number of benzene rings is 1. The lowest BCUT2D eigenvalue weighted by Gasteiger charge is -2.25. The van der Waals surface area contributed by atoms with E-state index in [-0.39, 0.29) is 23.3 Å². The number of hydrogen-bond donors (Lipinski definition) is 0. The fraction of sp³-hybridized carbons (Fsp3) is 0.625. The highest BCUT2D eigenvalue weighted by Gasteiger charge is 2.24. The van der Waals surface area contributed by atoms with Crippen molar-refractivity contribution >= 4 is 46.0 Å². The monoisotopic (exact) mass is 469 g/mol. The summed E-state index contributed by atoms with van der Waals surface area (Å²) in [6, 6.07) is 3.57. The van der Waals surface area contributed by atoms with Crippen LogP contribution in [0.25, 0.3) is 0 Å². The number of nitrogens with zero attached hydrogens (tertiary/aromatic N) is 1. The Hall–Kier alpha value is -1.53. The number of amides is 1. The van der Waals surface area contributed by atoms with Crippen molar-refractivity contribution in [3.05, 3.63) is 28.3 Å². The molecule has 5 nitrogen and oxygen atoms in total. The zero-order chi connectivity index (χ0) is 23.2. The number of carbonyl (C=O) groups excluding carboxylic acids is 3. The molecule has 31 heavy (non-hydrogen) atoms. The van der Waals surface area contributed by atoms with Crippen molar-refractivity contribution < 1.29 is 19.1 Å². The number of carbonyl (C=O) groups is 3. The summed E-state index contributed by atoms with van der Waals surface area (Å²) in [6.07, 6.45) is 9.85. The number of halogens is 1. The Kier molecular flexibility index (Phi) is 13.6. The Morgan fingerprint density at radius 3 is 2.23 bits per heavy atom. The van der Waals surface area contributed by atoms with Gasteiger partial charge in [0.15, 0.2) is 5.12 Å². The van der Waals surface area contributed by atoms with E-state index >= 15 is 0 Å². The highest BCUT2D eigenvalue weighted by Crippen LogP contribution is 2.31. The third-order valence-corrected chi connectivity index (χ3v) is 6.57. The lowest BCUT2D eigenvalue weighted by Crippen LogP contribution is -2.38. The number of hydrogen-bond acceptors (Lipinski definition) is 5. The van der Waals surface area contributed by atoms with Gasteiger partial charge in [-0.3, -0.25) is 19.3 Å². The summed E-state index contributed by atoms with van der Waals surface area (Å²) in [7, 11) is 1.28. The van der Waals surface area contributed by atoms with Gasteiger partial charge in [0.05, 0.1) is 18.6 Å². The average molecular weight is 470 g/mol. The molecule has 0 atom stereocenters. The van der Waals surface area contributed by atoms with Gasteiger partial charge in [0, 0.05) is 11.4 Å². The van der Waals surface area contributed by atoms with Gasteiger partial charge in [0.2, 0.25) is 5.91 Å². The Morgan fingerprint density at radius 1 is 1.00 bits per heavy atom. The fourth-order valence-electron chi connectivity index (χ4n) is 3.41. The molecule has 0 spiro atoms. The summed E-state index contributed by atoms with van der Waals surface area (Å²) in [5, 5.41) is 0.526. The number of ether oxygens (including phenoxy) is 1. The molecule has 0 saturated heterocycles. The second-order valence-electron chi connectivity index (χ2n) is 7.78. The van der Waals surface area contributed by atoms with Crippen LogP contribution in [0.3, 0.4) is 0 Å². The standard InChI is InChI=1S/C24H36ClNO4S/c1-5-6-7-8-9-10-11-12-13-23(29)31-17-21(27)26(16-22(28)30-4)24-18(2)14-15-20(25)19(24)3/h14-15H,5-13,16-17H2,1-4H3. The van der Waals surface area contributed by atoms with Crippen LogP contribution in [0.2, 0.25) is 5.02 Å². The van der Waals surface area contributed by atoms with Crippen LogP contribution in [0, 0.1) is 13.8 Å². The van der Waals surface area contributed by atoms with Crippen molar-refractivity contribution in [2.45, 2.75) is 78.6 Å². The summed E-state index contributed by atoms with van der Waals surface area (Å²) >= 11 is 7.26. The molecule has 0 unspecified atom stereocenters. The van der Waals surface area contributed by atoms with Crippen LogP contribution in [0.5, 0.6) is 0 Å². The van der Waals surface area contributed by atoms with Gasteiger partial charge in [-0.1, -0.05) is 81.3 Å². The van der Waals surface area contributed by atoms with Crippen molar-refractivity contribution in [3.63, 3.8) is 0 Å². The van der Waals surface area contributed by atoms with Gasteiger partial charge in [0.1, 0.15) is 6.54 Å². The summed E-state index contributed by atoms with van der Waals surface area (Å²) in [5.74, 6) is -0.853. The number of unbranched alkanes of at least 4 members (excludes halogenated alkanes) is 7. The third kappa shape index (κ3) is 10.1. The number of esters is 1. The van der Waals surface area contributed by atoms with Crippen LogP contribution < -0.4 is 4.90 Å². The highest BCUT2D eigenvalue weighted by molar-refractivity contribution is 8.14. The molecule has 0 aromatic heterocycles. The van der Waals surface area contributed by atoms with Crippen LogP contribution >= 0.6 is 23.4 Å². The minimum absolute atomic E-state index is 0.0110. The molecule has 1 amide bonds. The summed E-state index contributed by atoms with van der Waals surface area (Å²) in [6.45, 7) is 5.66. The van der Waals surface area contributed by atoms with Gasteiger partial charge >= 0.3 is 5.97 Å². The van der Waals surface area contributed by atoms with Crippen LogP contribution in [0.4, 0.5) is 5.69 Å². The Balaban J connectivity index is 2.58. The van der Waals surface area contributed by atoms with E-state index in [9.17, 15) is 14.4 Å². The van der Waals surface area contributed by atoms with E-state index in [1.807, 2.05) is 19.9 Å². The number of thioether (sulfide) groups is 1. The van der Waals surface area contributed by atoms with E-state index in [2.05, 4.69) is 6.92 Å². The highest BCUT2D eigenvalue weighted by atomic mass is 35.5. The zero-order valence-electron chi connectivity index (χ0n) is 19.3. The minimum Gasteiger partial charge on any atom is -0.468 e. The molecule has 0 radical (unpaired) electrons. The summed E-state index contributed by atoms with van der Waals surface area (Å²) in [4.78, 5) is 38.4. The Labute approximate surface area is 196 Å². The molecule has 7 heteroatoms. The van der Waals surface area contributed by atoms with Gasteiger partial charge < -0.3 is 4.74 Å². The molecule has 174 valence electrons. The molecule has 0 aliphatic rings. The maximum Gasteiger partial charge on any atom is 0.325 e. The van der Waals surface area contributed by atoms with Crippen molar-refractivity contribution in [1.29, 1.82) is 0 Å². The number of methoxy groups -OCH3 is 1. The molecular formula is C24H36ClNO4S. The molecule has 0 fully saturated rings. The van der Waals surface area contributed by atoms with Crippen LogP contribution in [-0.4, -0.2) is 36.4 Å². The molecule has 0 N–H and O–H groups in total. The minimum atomic E-state index is -0.526. The summed E-state index contributed by atoms with van der Waals surface area (Å²) < 4.78 is 4.76. The van der Waals surface area contributed by atoms with Crippen molar-refractivity contribution in [2.24, 2.45) is 0 Å². The molecule has 1 aromatic rings. The van der Waals surface area contributed by atoms with Crippen LogP contribution in [-0.2, 0) is 19.1 Å². The normalized spacial score (nSPS) is 10.7. The van der Waals surface area contributed by atoms with Gasteiger partial charge in [-0.25, -0.2) is 0 Å². The van der Waals surface area contributed by atoms with Crippen molar-refractivity contribution in [2.75, 3.05) is 24.3 Å². The van der Waals surface area contributed by atoms with Crippen LogP contribution in [0.15, 0.2) is 12.1 Å². The van der Waals surface area contributed by atoms with Gasteiger partial charge in [0.25, 0.3) is 0 Å². The number of aryl methyl sites for hydroxylation is 1. The lowest BCUT2D eigenvalue weighted by molar-refractivity contribution is -0.139. The van der Waals surface area contributed by atoms with Gasteiger partial charge in [-0.15, -0.1) is 0 Å². The first kappa shape index (κ1) is 27.5. The predicted molar refractivity (Wildman–Crippen MR) is 130 cm³/mol. The van der Waals surface area contributed by atoms with E-state index in [1.165, 1.54) is 44.1 Å². The average Bonchev–Trinajstić information content (AvgIpc) is 2.75. The molecule has 1 aromatic carbocycles. The van der Waals surface area contributed by atoms with E-state index in [4.69, 9.17) is 16.3 Å². The molecule has 0 saturated carbocycles. The second kappa shape index (κ2) is 15.3. The maximum atomic E-state index is 12.9. The molecule has 0 aliphatic carbocycles. The fourth-order valence-corrected chi connectivity index (χ4v) is 4.29. The van der Waals surface area contributed by atoms with Crippen molar-refractivity contribution in [3.8, 4) is 0 Å². The smallest absolute Gasteiger partial charge is 0.325 e. The number of anilines is 1. The second-order valence-corrected chi connectivity index (χ2v) is 9.22. The molecule has 0 heterocycles. The number of rotatable bonds is 14. The third-order valence-electron chi connectivity index (χ3n) is 5.24. The maximum absolute atomic E-state index is 12.9. The Bertz CT molecular complexity index is 739. The molecule has 1 rings (SSSR count). The van der Waals surface area contributed by atoms with Crippen molar-refractivity contribution in [1.82, 2.24) is 0 Å². The molecule has 0 aliphatic heterocycles. The first-order valence-corrected chi connectivity index (χ1v) is 12.5. The van der Waals surface area contributed by atoms with E-state index in [1.54, 1.807) is 6.07 Å². The quantitative estimate of drug-likeness (QED) is 0.238.